The van der Waals surface area contributed by atoms with Crippen molar-refractivity contribution >= 4 is 34.1 Å². The van der Waals surface area contributed by atoms with Gasteiger partial charge >= 0.3 is 0 Å². The molecule has 3 aliphatic rings. The maximum absolute atomic E-state index is 15.2. The van der Waals surface area contributed by atoms with Gasteiger partial charge in [0.2, 0.25) is 5.95 Å². The van der Waals surface area contributed by atoms with Crippen molar-refractivity contribution in [1.82, 2.24) is 24.6 Å². The predicted octanol–water partition coefficient (Wildman–Crippen LogP) is 4.64. The van der Waals surface area contributed by atoms with E-state index in [2.05, 4.69) is 25.3 Å². The number of alkyl halides is 3. The molecule has 0 bridgehead atoms. The molecule has 3 atom stereocenters. The molecule has 1 aliphatic carbocycles. The summed E-state index contributed by atoms with van der Waals surface area (Å²) >= 11 is 6.55. The van der Waals surface area contributed by atoms with Crippen molar-refractivity contribution in [2.45, 2.75) is 49.9 Å². The molecular weight excluding hydrogens is 469 g/mol. The molecule has 2 aromatic heterocycles. The van der Waals surface area contributed by atoms with Crippen LogP contribution in [-0.2, 0) is 4.74 Å². The molecule has 180 valence electrons. The smallest absolute Gasteiger partial charge is 0.272 e. The van der Waals surface area contributed by atoms with Gasteiger partial charge in [0.05, 0.1) is 42.4 Å². The molecule has 4 heterocycles. The Hall–Kier alpha value is -2.43. The number of hydrogen-bond acceptors (Lipinski definition) is 6. The number of piperidine rings is 1. The van der Waals surface area contributed by atoms with E-state index in [9.17, 15) is 8.78 Å². The number of benzene rings is 1. The summed E-state index contributed by atoms with van der Waals surface area (Å²) in [7, 11) is 0. The molecule has 0 radical (unpaired) electrons. The highest BCUT2D eigenvalue weighted by Crippen LogP contribution is 2.53. The van der Waals surface area contributed by atoms with E-state index in [1.165, 1.54) is 10.9 Å². The summed E-state index contributed by atoms with van der Waals surface area (Å²) in [6.07, 6.45) is 2.58. The highest BCUT2D eigenvalue weighted by atomic mass is 35.5. The molecular formula is C23H24ClF3N6O. The summed E-state index contributed by atoms with van der Waals surface area (Å²) < 4.78 is 48.7. The molecule has 0 amide bonds. The van der Waals surface area contributed by atoms with Gasteiger partial charge in [0.15, 0.2) is 0 Å². The fourth-order valence-electron chi connectivity index (χ4n) is 4.90. The molecule has 2 aliphatic heterocycles. The zero-order valence-electron chi connectivity index (χ0n) is 18.5. The molecule has 2 saturated heterocycles. The topological polar surface area (TPSA) is 68.1 Å². The number of fused-ring (bicyclic) bond motifs is 1. The van der Waals surface area contributed by atoms with Crippen molar-refractivity contribution in [2.24, 2.45) is 0 Å². The standard InChI is InChI=1S/C23H24ClF3N6O/c1-12-20(8-29-33(12)21-6-23(21,26)27)31-22-28-7-13-4-17(24)16(5-19(13)30-22)15-2-3-32(9-18(15)25)14-10-34-11-14/h4-5,7-8,14-15,18,21H,2-3,6,9-11H2,1H3,(H,28,30,31)/t15-,18+,21+/m1/s1. The zero-order chi connectivity index (χ0) is 23.6. The number of rotatable bonds is 5. The minimum atomic E-state index is -2.71. The summed E-state index contributed by atoms with van der Waals surface area (Å²) in [5, 5.41) is 8.42. The Kier molecular flexibility index (Phi) is 5.23. The Labute approximate surface area is 199 Å². The van der Waals surface area contributed by atoms with Gasteiger partial charge in [-0.3, -0.25) is 9.58 Å². The Bertz CT molecular complexity index is 1250. The fraction of sp³-hybridized carbons (Fsp3) is 0.522. The largest absolute Gasteiger partial charge is 0.378 e. The third-order valence-corrected chi connectivity index (χ3v) is 7.51. The lowest BCUT2D eigenvalue weighted by Crippen LogP contribution is -2.54. The minimum absolute atomic E-state index is 0.200. The van der Waals surface area contributed by atoms with Gasteiger partial charge in [-0.15, -0.1) is 0 Å². The number of anilines is 2. The third-order valence-electron chi connectivity index (χ3n) is 7.19. The van der Waals surface area contributed by atoms with E-state index >= 15 is 4.39 Å². The van der Waals surface area contributed by atoms with Crippen LogP contribution in [0.4, 0.5) is 24.8 Å². The van der Waals surface area contributed by atoms with Gasteiger partial charge in [0.1, 0.15) is 12.2 Å². The summed E-state index contributed by atoms with van der Waals surface area (Å²) in [6, 6.07) is 3.02. The normalized spacial score (nSPS) is 27.0. The molecule has 1 aromatic carbocycles. The molecule has 7 nitrogen and oxygen atoms in total. The van der Waals surface area contributed by atoms with Crippen molar-refractivity contribution < 1.29 is 17.9 Å². The summed E-state index contributed by atoms with van der Waals surface area (Å²) in [5.41, 5.74) is 2.53. The first-order valence-corrected chi connectivity index (χ1v) is 11.8. The molecule has 34 heavy (non-hydrogen) atoms. The number of aromatic nitrogens is 4. The second-order valence-corrected chi connectivity index (χ2v) is 9.82. The van der Waals surface area contributed by atoms with E-state index in [1.807, 2.05) is 6.07 Å². The number of hydrogen-bond donors (Lipinski definition) is 1. The average Bonchev–Trinajstić information content (AvgIpc) is 3.24. The van der Waals surface area contributed by atoms with Gasteiger partial charge in [0.25, 0.3) is 5.92 Å². The Balaban J connectivity index is 1.24. The van der Waals surface area contributed by atoms with E-state index in [-0.39, 0.29) is 12.3 Å². The summed E-state index contributed by atoms with van der Waals surface area (Å²) in [4.78, 5) is 11.1. The number of ether oxygens (including phenoxy) is 1. The Morgan fingerprint density at radius 3 is 2.71 bits per heavy atom. The summed E-state index contributed by atoms with van der Waals surface area (Å²) in [6.45, 7) is 4.23. The minimum Gasteiger partial charge on any atom is -0.378 e. The Morgan fingerprint density at radius 2 is 2.03 bits per heavy atom. The predicted molar refractivity (Wildman–Crippen MR) is 122 cm³/mol. The lowest BCUT2D eigenvalue weighted by atomic mass is 9.86. The first kappa shape index (κ1) is 22.1. The van der Waals surface area contributed by atoms with Crippen LogP contribution in [0.1, 0.15) is 36.1 Å². The lowest BCUT2D eigenvalue weighted by Gasteiger charge is -2.43. The van der Waals surface area contributed by atoms with E-state index in [0.717, 1.165) is 17.5 Å². The van der Waals surface area contributed by atoms with Crippen LogP contribution >= 0.6 is 11.6 Å². The second-order valence-electron chi connectivity index (χ2n) is 9.42. The molecule has 0 spiro atoms. The maximum atomic E-state index is 15.2. The lowest BCUT2D eigenvalue weighted by molar-refractivity contribution is -0.0806. The highest BCUT2D eigenvalue weighted by molar-refractivity contribution is 6.32. The maximum Gasteiger partial charge on any atom is 0.272 e. The van der Waals surface area contributed by atoms with Crippen LogP contribution in [0.3, 0.4) is 0 Å². The number of nitrogens with one attached hydrogen (secondary N) is 1. The van der Waals surface area contributed by atoms with Gasteiger partial charge in [-0.05, 0) is 37.6 Å². The zero-order valence-corrected chi connectivity index (χ0v) is 19.3. The molecule has 3 fully saturated rings. The molecule has 0 unspecified atom stereocenters. The van der Waals surface area contributed by atoms with Gasteiger partial charge in [-0.25, -0.2) is 23.1 Å². The monoisotopic (exact) mass is 492 g/mol. The number of likely N-dealkylation sites (tertiary alicyclic amines) is 1. The van der Waals surface area contributed by atoms with Crippen LogP contribution in [0.25, 0.3) is 10.9 Å². The van der Waals surface area contributed by atoms with Crippen LogP contribution < -0.4 is 5.32 Å². The third kappa shape index (κ3) is 3.81. The Morgan fingerprint density at radius 1 is 1.24 bits per heavy atom. The molecule has 1 N–H and O–H groups in total. The van der Waals surface area contributed by atoms with E-state index in [1.54, 1.807) is 19.2 Å². The molecule has 3 aromatic rings. The molecule has 6 rings (SSSR count). The van der Waals surface area contributed by atoms with Crippen LogP contribution in [0.2, 0.25) is 5.02 Å². The van der Waals surface area contributed by atoms with E-state index in [0.29, 0.717) is 60.1 Å². The van der Waals surface area contributed by atoms with E-state index in [4.69, 9.17) is 16.3 Å². The van der Waals surface area contributed by atoms with Gasteiger partial charge in [-0.2, -0.15) is 5.10 Å². The fourth-order valence-corrected chi connectivity index (χ4v) is 5.21. The van der Waals surface area contributed by atoms with Crippen molar-refractivity contribution in [3.05, 3.63) is 40.8 Å². The number of halogens is 4. The van der Waals surface area contributed by atoms with E-state index < -0.39 is 18.1 Å². The van der Waals surface area contributed by atoms with Crippen LogP contribution in [0, 0.1) is 6.92 Å². The van der Waals surface area contributed by atoms with Gasteiger partial charge in [-0.1, -0.05) is 11.6 Å². The SMILES string of the molecule is Cc1c(Nc2ncc3cc(Cl)c([C@H]4CCN(C5COC5)C[C@@H]4F)cc3n2)cnn1[C@H]1CC1(F)F. The summed E-state index contributed by atoms with van der Waals surface area (Å²) in [5.74, 6) is -2.71. The molecule has 1 saturated carbocycles. The first-order chi connectivity index (χ1) is 16.3. The van der Waals surface area contributed by atoms with Crippen LogP contribution in [-0.4, -0.2) is 69.1 Å². The van der Waals surface area contributed by atoms with Crippen molar-refractivity contribution in [2.75, 3.05) is 31.6 Å². The average molecular weight is 493 g/mol. The quantitative estimate of drug-likeness (QED) is 0.560. The van der Waals surface area contributed by atoms with Crippen molar-refractivity contribution in [3.8, 4) is 0 Å². The van der Waals surface area contributed by atoms with Gasteiger partial charge < -0.3 is 10.1 Å². The van der Waals surface area contributed by atoms with Crippen molar-refractivity contribution in [1.29, 1.82) is 0 Å². The first-order valence-electron chi connectivity index (χ1n) is 11.4. The van der Waals surface area contributed by atoms with Gasteiger partial charge in [0, 0.05) is 35.5 Å². The highest BCUT2D eigenvalue weighted by Gasteiger charge is 2.59. The van der Waals surface area contributed by atoms with Crippen LogP contribution in [0.15, 0.2) is 24.5 Å². The van der Waals surface area contributed by atoms with Crippen LogP contribution in [0.5, 0.6) is 0 Å². The molecule has 11 heteroatoms. The second kappa shape index (κ2) is 8.07. The van der Waals surface area contributed by atoms with Crippen molar-refractivity contribution in [3.63, 3.8) is 0 Å². The number of nitrogens with zero attached hydrogens (tertiary/aromatic N) is 5.